The van der Waals surface area contributed by atoms with Gasteiger partial charge in [0, 0.05) is 16.8 Å². The lowest BCUT2D eigenvalue weighted by atomic mass is 10.1. The van der Waals surface area contributed by atoms with Crippen molar-refractivity contribution in [2.24, 2.45) is 0 Å². The van der Waals surface area contributed by atoms with Crippen molar-refractivity contribution in [1.29, 1.82) is 5.26 Å². The first-order chi connectivity index (χ1) is 15.1. The highest BCUT2D eigenvalue weighted by molar-refractivity contribution is 7.97. The summed E-state index contributed by atoms with van der Waals surface area (Å²) in [5.41, 5.74) is 0.00178. The molecule has 0 saturated carbocycles. The lowest BCUT2D eigenvalue weighted by molar-refractivity contribution is -0.140. The Hall–Kier alpha value is -3.10. The van der Waals surface area contributed by atoms with Crippen LogP contribution in [0.5, 0.6) is 0 Å². The maximum Gasteiger partial charge on any atom is 0.419 e. The summed E-state index contributed by atoms with van der Waals surface area (Å²) in [5, 5.41) is 9.41. The molecule has 0 unspecified atom stereocenters. The molecular formula is C21H16F4N4OS2. The molecule has 11 heteroatoms. The molecular weight excluding hydrogens is 464 g/mol. The number of nitriles is 1. The standard InChI is InChI=1S/C21H16F4N4OS2/c1-12-18(19(30)28-31-2)27-20(32-12)29(15-6-3-13(10-26)4-7-15)11-14-5-8-17(22)16(9-14)21(23,24)25/h3-9H,11H2,1-2H3,(H,28,30). The number of carbonyl (C=O) groups is 1. The van der Waals surface area contributed by atoms with Crippen LogP contribution in [-0.4, -0.2) is 17.1 Å². The molecule has 0 aliphatic carbocycles. The molecule has 1 N–H and O–H groups in total. The Bertz CT molecular complexity index is 1170. The number of halogens is 4. The van der Waals surface area contributed by atoms with Gasteiger partial charge in [0.15, 0.2) is 5.13 Å². The summed E-state index contributed by atoms with van der Waals surface area (Å²) in [6.07, 6.45) is -3.14. The number of hydrogen-bond donors (Lipinski definition) is 1. The summed E-state index contributed by atoms with van der Waals surface area (Å²) in [5.74, 6) is -1.74. The molecule has 1 amide bonds. The van der Waals surface area contributed by atoms with E-state index < -0.39 is 23.5 Å². The van der Waals surface area contributed by atoms with Crippen molar-refractivity contribution < 1.29 is 22.4 Å². The number of anilines is 2. The number of hydrogen-bond acceptors (Lipinski definition) is 6. The molecule has 0 bridgehead atoms. The number of benzene rings is 2. The number of nitrogens with one attached hydrogen (secondary N) is 1. The van der Waals surface area contributed by atoms with Crippen molar-refractivity contribution in [3.05, 3.63) is 75.5 Å². The van der Waals surface area contributed by atoms with Crippen LogP contribution in [0, 0.1) is 24.1 Å². The van der Waals surface area contributed by atoms with Gasteiger partial charge >= 0.3 is 6.18 Å². The molecule has 0 aliphatic rings. The first kappa shape index (κ1) is 23.6. The molecule has 5 nitrogen and oxygen atoms in total. The third kappa shape index (κ3) is 5.20. The normalized spacial score (nSPS) is 11.2. The van der Waals surface area contributed by atoms with Gasteiger partial charge in [-0.15, -0.1) is 11.3 Å². The zero-order valence-corrected chi connectivity index (χ0v) is 18.5. The molecule has 1 heterocycles. The van der Waals surface area contributed by atoms with E-state index in [1.165, 1.54) is 17.4 Å². The van der Waals surface area contributed by atoms with E-state index in [1.807, 2.05) is 6.07 Å². The zero-order chi connectivity index (χ0) is 23.5. The lowest BCUT2D eigenvalue weighted by Crippen LogP contribution is -2.19. The van der Waals surface area contributed by atoms with Crippen molar-refractivity contribution in [2.45, 2.75) is 19.6 Å². The Morgan fingerprint density at radius 1 is 1.25 bits per heavy atom. The third-order valence-corrected chi connectivity index (χ3v) is 5.79. The van der Waals surface area contributed by atoms with Gasteiger partial charge in [0.2, 0.25) is 0 Å². The minimum absolute atomic E-state index is 0.0637. The van der Waals surface area contributed by atoms with Crippen LogP contribution in [0.25, 0.3) is 0 Å². The molecule has 0 aliphatic heterocycles. The monoisotopic (exact) mass is 480 g/mol. The van der Waals surface area contributed by atoms with Gasteiger partial charge in [0.1, 0.15) is 11.5 Å². The van der Waals surface area contributed by atoms with E-state index >= 15 is 0 Å². The van der Waals surface area contributed by atoms with Gasteiger partial charge in [-0.05, 0) is 48.9 Å². The predicted molar refractivity (Wildman–Crippen MR) is 116 cm³/mol. The molecule has 2 aromatic carbocycles. The second kappa shape index (κ2) is 9.58. The van der Waals surface area contributed by atoms with Crippen LogP contribution in [0.3, 0.4) is 0 Å². The topological polar surface area (TPSA) is 69.0 Å². The highest BCUT2D eigenvalue weighted by Crippen LogP contribution is 2.35. The Morgan fingerprint density at radius 2 is 1.94 bits per heavy atom. The number of aromatic nitrogens is 1. The van der Waals surface area contributed by atoms with Crippen LogP contribution in [0.15, 0.2) is 42.5 Å². The number of carbonyl (C=O) groups excluding carboxylic acids is 1. The highest BCUT2D eigenvalue weighted by atomic mass is 32.2. The summed E-state index contributed by atoms with van der Waals surface area (Å²) < 4.78 is 55.8. The first-order valence-corrected chi connectivity index (χ1v) is 11.1. The van der Waals surface area contributed by atoms with Crippen molar-refractivity contribution in [1.82, 2.24) is 9.71 Å². The molecule has 0 saturated heterocycles. The molecule has 0 radical (unpaired) electrons. The summed E-state index contributed by atoms with van der Waals surface area (Å²) in [7, 11) is 0. The van der Waals surface area contributed by atoms with Crippen LogP contribution < -0.4 is 9.62 Å². The Balaban J connectivity index is 2.06. The number of amides is 1. The number of thiazole rings is 1. The molecule has 0 atom stereocenters. The van der Waals surface area contributed by atoms with Gasteiger partial charge in [-0.2, -0.15) is 18.4 Å². The Morgan fingerprint density at radius 3 is 2.53 bits per heavy atom. The third-order valence-electron chi connectivity index (χ3n) is 4.41. The lowest BCUT2D eigenvalue weighted by Gasteiger charge is -2.23. The fraction of sp³-hybridized carbons (Fsp3) is 0.190. The molecule has 32 heavy (non-hydrogen) atoms. The van der Waals surface area contributed by atoms with Crippen molar-refractivity contribution in [3.63, 3.8) is 0 Å². The van der Waals surface area contributed by atoms with Crippen LogP contribution in [-0.2, 0) is 12.7 Å². The number of alkyl halides is 3. The van der Waals surface area contributed by atoms with E-state index in [2.05, 4.69) is 9.71 Å². The quantitative estimate of drug-likeness (QED) is 0.355. The largest absolute Gasteiger partial charge is 0.419 e. The summed E-state index contributed by atoms with van der Waals surface area (Å²) in [6, 6.07) is 11.2. The minimum Gasteiger partial charge on any atom is -0.313 e. The Kier molecular flexibility index (Phi) is 7.06. The van der Waals surface area contributed by atoms with Crippen LogP contribution in [0.2, 0.25) is 0 Å². The number of nitrogens with zero attached hydrogens (tertiary/aromatic N) is 3. The van der Waals surface area contributed by atoms with Crippen LogP contribution in [0.4, 0.5) is 28.4 Å². The van der Waals surface area contributed by atoms with Crippen molar-refractivity contribution >= 4 is 40.0 Å². The van der Waals surface area contributed by atoms with E-state index in [0.717, 1.165) is 24.1 Å². The highest BCUT2D eigenvalue weighted by Gasteiger charge is 2.34. The molecule has 3 aromatic rings. The Labute approximate surface area is 189 Å². The van der Waals surface area contributed by atoms with E-state index in [-0.39, 0.29) is 17.8 Å². The maximum atomic E-state index is 13.7. The van der Waals surface area contributed by atoms with Crippen LogP contribution in [0.1, 0.15) is 32.1 Å². The fourth-order valence-electron chi connectivity index (χ4n) is 2.91. The van der Waals surface area contributed by atoms with E-state index in [4.69, 9.17) is 5.26 Å². The fourth-order valence-corrected chi connectivity index (χ4v) is 4.11. The van der Waals surface area contributed by atoms with Gasteiger partial charge in [-0.3, -0.25) is 9.52 Å². The van der Waals surface area contributed by atoms with E-state index in [9.17, 15) is 22.4 Å². The second-order valence-electron chi connectivity index (χ2n) is 6.59. The molecule has 1 aromatic heterocycles. The van der Waals surface area contributed by atoms with Crippen molar-refractivity contribution in [2.75, 3.05) is 11.2 Å². The van der Waals surface area contributed by atoms with Gasteiger partial charge in [-0.25, -0.2) is 9.37 Å². The second-order valence-corrected chi connectivity index (χ2v) is 8.39. The minimum atomic E-state index is -4.83. The molecule has 166 valence electrons. The summed E-state index contributed by atoms with van der Waals surface area (Å²) in [4.78, 5) is 18.9. The van der Waals surface area contributed by atoms with E-state index in [1.54, 1.807) is 42.3 Å². The maximum absolute atomic E-state index is 13.7. The SMILES string of the molecule is CSNC(=O)c1nc(N(Cc2ccc(F)c(C(F)(F)F)c2)c2ccc(C#N)cc2)sc1C. The zero-order valence-electron chi connectivity index (χ0n) is 16.8. The van der Waals surface area contributed by atoms with Crippen LogP contribution >= 0.6 is 23.3 Å². The summed E-state index contributed by atoms with van der Waals surface area (Å²) in [6.45, 7) is 1.65. The van der Waals surface area contributed by atoms with E-state index in [0.29, 0.717) is 21.3 Å². The average molecular weight is 481 g/mol. The molecule has 0 fully saturated rings. The smallest absolute Gasteiger partial charge is 0.313 e. The number of aryl methyl sites for hydroxylation is 1. The predicted octanol–water partition coefficient (Wildman–Crippen LogP) is 5.83. The molecule has 0 spiro atoms. The van der Waals surface area contributed by atoms with Crippen molar-refractivity contribution in [3.8, 4) is 6.07 Å². The number of rotatable bonds is 6. The van der Waals surface area contributed by atoms with Gasteiger partial charge in [0.05, 0.1) is 23.7 Å². The van der Waals surface area contributed by atoms with Gasteiger partial charge in [0.25, 0.3) is 5.91 Å². The summed E-state index contributed by atoms with van der Waals surface area (Å²) >= 11 is 2.32. The van der Waals surface area contributed by atoms with Gasteiger partial charge < -0.3 is 4.90 Å². The first-order valence-electron chi connectivity index (χ1n) is 9.08. The average Bonchev–Trinajstić information content (AvgIpc) is 3.14. The van der Waals surface area contributed by atoms with Gasteiger partial charge in [-0.1, -0.05) is 18.0 Å². The molecule has 3 rings (SSSR count).